The molecule has 1 amide bonds. The van der Waals surface area contributed by atoms with E-state index >= 15 is 0 Å². The maximum Gasteiger partial charge on any atom is 0.250 e. The zero-order chi connectivity index (χ0) is 20.1. The first-order valence-electron chi connectivity index (χ1n) is 8.75. The van der Waals surface area contributed by atoms with Crippen LogP contribution in [0.15, 0.2) is 42.5 Å². The van der Waals surface area contributed by atoms with Gasteiger partial charge in [0.1, 0.15) is 12.4 Å². The summed E-state index contributed by atoms with van der Waals surface area (Å²) >= 11 is 0. The van der Waals surface area contributed by atoms with Gasteiger partial charge in [-0.25, -0.2) is 4.39 Å². The summed E-state index contributed by atoms with van der Waals surface area (Å²) in [4.78, 5) is 15.6. The fourth-order valence-corrected chi connectivity index (χ4v) is 2.93. The highest BCUT2D eigenvalue weighted by Gasteiger charge is 2.18. The van der Waals surface area contributed by atoms with Crippen LogP contribution in [0.3, 0.4) is 0 Å². The van der Waals surface area contributed by atoms with Crippen molar-refractivity contribution >= 4 is 11.6 Å². The maximum absolute atomic E-state index is 13.4. The number of carbonyl (C=O) groups is 1. The van der Waals surface area contributed by atoms with E-state index in [0.717, 1.165) is 16.8 Å². The van der Waals surface area contributed by atoms with Gasteiger partial charge in [-0.3, -0.25) is 4.79 Å². The molecule has 0 aliphatic heterocycles. The molecule has 0 aliphatic rings. The first kappa shape index (κ1) is 19.2. The maximum atomic E-state index is 13.4. The molecule has 0 N–H and O–H groups in total. The van der Waals surface area contributed by atoms with E-state index in [1.807, 2.05) is 32.0 Å². The number of rotatable bonds is 6. The fraction of sp³-hybridized carbons (Fsp3) is 0.250. The van der Waals surface area contributed by atoms with Crippen LogP contribution in [-0.2, 0) is 11.3 Å². The number of nitrogens with zero attached hydrogens (tertiary/aromatic N) is 6. The third-order valence-electron chi connectivity index (χ3n) is 4.08. The molecule has 0 spiro atoms. The summed E-state index contributed by atoms with van der Waals surface area (Å²) in [6, 6.07) is 13.7. The van der Waals surface area contributed by atoms with Crippen molar-refractivity contribution in [3.05, 3.63) is 59.4 Å². The number of carbonyl (C=O) groups excluding carboxylic acids is 1. The highest BCUT2D eigenvalue weighted by atomic mass is 19.1. The lowest BCUT2D eigenvalue weighted by molar-refractivity contribution is -0.119. The van der Waals surface area contributed by atoms with Crippen LogP contribution in [-0.4, -0.2) is 32.7 Å². The standard InChI is InChI=1S/C20H19FN6O/c1-14-9-15(2)11-18(10-14)26(8-4-7-22)19(28)13-27-24-20(23-25-27)16-5-3-6-17(21)12-16/h3,5-6,9-12H,4,8,13H2,1-2H3. The van der Waals surface area contributed by atoms with Gasteiger partial charge in [-0.2, -0.15) is 10.1 Å². The molecule has 3 aromatic rings. The first-order valence-corrected chi connectivity index (χ1v) is 8.75. The molecule has 0 bridgehead atoms. The van der Waals surface area contributed by atoms with Gasteiger partial charge in [0.25, 0.3) is 5.91 Å². The average molecular weight is 378 g/mol. The summed E-state index contributed by atoms with van der Waals surface area (Å²) < 4.78 is 13.4. The molecule has 0 fully saturated rings. The van der Waals surface area contributed by atoms with E-state index in [1.165, 1.54) is 16.9 Å². The monoisotopic (exact) mass is 378 g/mol. The molecular formula is C20H19FN6O. The summed E-state index contributed by atoms with van der Waals surface area (Å²) in [5, 5.41) is 20.9. The van der Waals surface area contributed by atoms with Gasteiger partial charge in [-0.05, 0) is 54.5 Å². The third kappa shape index (κ3) is 4.57. The summed E-state index contributed by atoms with van der Waals surface area (Å²) in [7, 11) is 0. The van der Waals surface area contributed by atoms with E-state index in [1.54, 1.807) is 17.0 Å². The number of halogens is 1. The molecule has 3 rings (SSSR count). The average Bonchev–Trinajstić information content (AvgIpc) is 3.10. The molecule has 0 unspecified atom stereocenters. The van der Waals surface area contributed by atoms with Gasteiger partial charge >= 0.3 is 0 Å². The van der Waals surface area contributed by atoms with Crippen molar-refractivity contribution in [1.82, 2.24) is 20.2 Å². The van der Waals surface area contributed by atoms with Gasteiger partial charge in [0.05, 0.1) is 12.5 Å². The predicted molar refractivity (Wildman–Crippen MR) is 102 cm³/mol. The normalized spacial score (nSPS) is 10.5. The number of amides is 1. The minimum absolute atomic E-state index is 0.138. The zero-order valence-corrected chi connectivity index (χ0v) is 15.6. The molecule has 0 radical (unpaired) electrons. The number of anilines is 1. The predicted octanol–water partition coefficient (Wildman–Crippen LogP) is 3.04. The second kappa shape index (κ2) is 8.39. The zero-order valence-electron chi connectivity index (χ0n) is 15.6. The van der Waals surface area contributed by atoms with Crippen LogP contribution >= 0.6 is 0 Å². The van der Waals surface area contributed by atoms with Gasteiger partial charge in [-0.1, -0.05) is 18.2 Å². The summed E-state index contributed by atoms with van der Waals surface area (Å²) in [5.41, 5.74) is 3.26. The number of aryl methyl sites for hydroxylation is 2. The van der Waals surface area contributed by atoms with Crippen molar-refractivity contribution < 1.29 is 9.18 Å². The van der Waals surface area contributed by atoms with Crippen LogP contribution in [0.25, 0.3) is 11.4 Å². The summed E-state index contributed by atoms with van der Waals surface area (Å²) in [5.74, 6) is -0.423. The van der Waals surface area contributed by atoms with Gasteiger partial charge in [-0.15, -0.1) is 10.2 Å². The molecule has 1 aromatic heterocycles. The van der Waals surface area contributed by atoms with E-state index < -0.39 is 5.82 Å². The second-order valence-corrected chi connectivity index (χ2v) is 6.45. The third-order valence-corrected chi connectivity index (χ3v) is 4.08. The highest BCUT2D eigenvalue weighted by Crippen LogP contribution is 2.20. The minimum Gasteiger partial charge on any atom is -0.310 e. The van der Waals surface area contributed by atoms with E-state index in [0.29, 0.717) is 5.56 Å². The number of nitriles is 1. The number of hydrogen-bond acceptors (Lipinski definition) is 5. The van der Waals surface area contributed by atoms with Crippen molar-refractivity contribution in [2.24, 2.45) is 0 Å². The van der Waals surface area contributed by atoms with Crippen molar-refractivity contribution in [2.75, 3.05) is 11.4 Å². The summed E-state index contributed by atoms with van der Waals surface area (Å²) in [6.45, 7) is 4.03. The molecular weight excluding hydrogens is 359 g/mol. The molecule has 0 saturated carbocycles. The Bertz CT molecular complexity index is 1020. The molecule has 0 saturated heterocycles. The van der Waals surface area contributed by atoms with Crippen LogP contribution in [0.2, 0.25) is 0 Å². The van der Waals surface area contributed by atoms with E-state index in [4.69, 9.17) is 5.26 Å². The lowest BCUT2D eigenvalue weighted by Gasteiger charge is -2.22. The van der Waals surface area contributed by atoms with E-state index in [9.17, 15) is 9.18 Å². The molecule has 7 nitrogen and oxygen atoms in total. The topological polar surface area (TPSA) is 87.7 Å². The van der Waals surface area contributed by atoms with Crippen LogP contribution in [0.1, 0.15) is 17.5 Å². The van der Waals surface area contributed by atoms with Crippen LogP contribution in [0.5, 0.6) is 0 Å². The van der Waals surface area contributed by atoms with Crippen LogP contribution in [0.4, 0.5) is 10.1 Å². The van der Waals surface area contributed by atoms with Gasteiger partial charge in [0.2, 0.25) is 5.82 Å². The SMILES string of the molecule is Cc1cc(C)cc(N(CCC#N)C(=O)Cn2nnc(-c3cccc(F)c3)n2)c1. The Morgan fingerprint density at radius 2 is 1.96 bits per heavy atom. The molecule has 0 atom stereocenters. The Labute approximate surface area is 162 Å². The lowest BCUT2D eigenvalue weighted by atomic mass is 10.1. The van der Waals surface area contributed by atoms with E-state index in [-0.39, 0.29) is 31.2 Å². The molecule has 28 heavy (non-hydrogen) atoms. The van der Waals surface area contributed by atoms with Crippen molar-refractivity contribution in [2.45, 2.75) is 26.8 Å². The number of tetrazole rings is 1. The quantitative estimate of drug-likeness (QED) is 0.658. The molecule has 0 aliphatic carbocycles. The molecule has 1 heterocycles. The van der Waals surface area contributed by atoms with Crippen molar-refractivity contribution in [3.63, 3.8) is 0 Å². The number of hydrogen-bond donors (Lipinski definition) is 0. The van der Waals surface area contributed by atoms with Crippen molar-refractivity contribution in [3.8, 4) is 17.5 Å². The minimum atomic E-state index is -0.401. The smallest absolute Gasteiger partial charge is 0.250 e. The molecule has 2 aromatic carbocycles. The first-order chi connectivity index (χ1) is 13.5. The number of benzene rings is 2. The Balaban J connectivity index is 1.81. The van der Waals surface area contributed by atoms with Crippen LogP contribution < -0.4 is 4.90 Å². The largest absolute Gasteiger partial charge is 0.310 e. The van der Waals surface area contributed by atoms with Crippen LogP contribution in [0, 0.1) is 31.0 Å². The molecule has 142 valence electrons. The lowest BCUT2D eigenvalue weighted by Crippen LogP contribution is -2.35. The van der Waals surface area contributed by atoms with Gasteiger partial charge in [0, 0.05) is 17.8 Å². The Morgan fingerprint density at radius 3 is 2.64 bits per heavy atom. The Hall–Kier alpha value is -3.60. The fourth-order valence-electron chi connectivity index (χ4n) is 2.93. The highest BCUT2D eigenvalue weighted by molar-refractivity contribution is 5.93. The molecule has 8 heteroatoms. The van der Waals surface area contributed by atoms with Gasteiger partial charge < -0.3 is 4.90 Å². The summed E-state index contributed by atoms with van der Waals surface area (Å²) in [6.07, 6.45) is 0.206. The van der Waals surface area contributed by atoms with Gasteiger partial charge in [0.15, 0.2) is 0 Å². The Morgan fingerprint density at radius 1 is 1.21 bits per heavy atom. The number of aromatic nitrogens is 4. The Kier molecular flexibility index (Phi) is 5.75. The second-order valence-electron chi connectivity index (χ2n) is 6.45. The van der Waals surface area contributed by atoms with E-state index in [2.05, 4.69) is 21.5 Å². The van der Waals surface area contributed by atoms with Crippen molar-refractivity contribution in [1.29, 1.82) is 5.26 Å².